The highest BCUT2D eigenvalue weighted by molar-refractivity contribution is 5.38. The Morgan fingerprint density at radius 2 is 1.23 bits per heavy atom. The van der Waals surface area contributed by atoms with Gasteiger partial charge >= 0.3 is 0 Å². The van der Waals surface area contributed by atoms with E-state index in [4.69, 9.17) is 9.47 Å². The van der Waals surface area contributed by atoms with Crippen LogP contribution in [0.1, 0.15) is 12.0 Å². The molecule has 0 N–H and O–H groups in total. The number of benzene rings is 3. The van der Waals surface area contributed by atoms with E-state index in [-0.39, 0.29) is 0 Å². The third-order valence-corrected chi connectivity index (χ3v) is 4.41. The van der Waals surface area contributed by atoms with Crippen molar-refractivity contribution in [1.29, 1.82) is 0 Å². The second-order valence-electron chi connectivity index (χ2n) is 6.23. The summed E-state index contributed by atoms with van der Waals surface area (Å²) in [5.41, 5.74) is 0.585. The maximum absolute atomic E-state index is 6.44. The van der Waals surface area contributed by atoms with Crippen LogP contribution < -0.4 is 9.47 Å². The van der Waals surface area contributed by atoms with E-state index >= 15 is 0 Å². The molecule has 1 unspecified atom stereocenters. The monoisotopic (exact) mass is 340 g/mol. The van der Waals surface area contributed by atoms with Crippen molar-refractivity contribution in [3.63, 3.8) is 0 Å². The van der Waals surface area contributed by atoms with Gasteiger partial charge in [-0.15, -0.1) is 0 Å². The molecule has 128 valence electrons. The van der Waals surface area contributed by atoms with Gasteiger partial charge in [0.25, 0.3) is 0 Å². The SMILES string of the molecule is C1=CC(Oc2ccccc2)(c2ccccc2)CC=C1Oc1ccccc1. The fourth-order valence-electron chi connectivity index (χ4n) is 3.07. The van der Waals surface area contributed by atoms with Gasteiger partial charge in [-0.3, -0.25) is 0 Å². The number of para-hydroxylation sites is 2. The third kappa shape index (κ3) is 3.55. The van der Waals surface area contributed by atoms with E-state index in [1.165, 1.54) is 0 Å². The lowest BCUT2D eigenvalue weighted by Gasteiger charge is -2.33. The van der Waals surface area contributed by atoms with Crippen LogP contribution in [0.2, 0.25) is 0 Å². The lowest BCUT2D eigenvalue weighted by molar-refractivity contribution is 0.119. The van der Waals surface area contributed by atoms with E-state index < -0.39 is 5.60 Å². The van der Waals surface area contributed by atoms with Crippen LogP contribution >= 0.6 is 0 Å². The van der Waals surface area contributed by atoms with E-state index in [1.54, 1.807) is 0 Å². The zero-order chi connectivity index (χ0) is 17.7. The molecule has 0 aliphatic heterocycles. The summed E-state index contributed by atoms with van der Waals surface area (Å²) in [4.78, 5) is 0. The summed E-state index contributed by atoms with van der Waals surface area (Å²) in [6, 6.07) is 30.1. The molecule has 2 nitrogen and oxygen atoms in total. The van der Waals surface area contributed by atoms with E-state index in [0.29, 0.717) is 6.42 Å². The molecule has 3 aromatic carbocycles. The first-order chi connectivity index (χ1) is 12.8. The van der Waals surface area contributed by atoms with Gasteiger partial charge in [0.2, 0.25) is 0 Å². The van der Waals surface area contributed by atoms with E-state index in [1.807, 2.05) is 84.9 Å². The van der Waals surface area contributed by atoms with Gasteiger partial charge < -0.3 is 9.47 Å². The molecule has 0 saturated carbocycles. The molecule has 0 saturated heterocycles. The molecule has 0 radical (unpaired) electrons. The van der Waals surface area contributed by atoms with Gasteiger partial charge in [-0.1, -0.05) is 66.7 Å². The Morgan fingerprint density at radius 3 is 1.81 bits per heavy atom. The first-order valence-electron chi connectivity index (χ1n) is 8.76. The second kappa shape index (κ2) is 7.32. The van der Waals surface area contributed by atoms with Crippen LogP contribution in [0.4, 0.5) is 0 Å². The van der Waals surface area contributed by atoms with Gasteiger partial charge in [-0.05, 0) is 48.1 Å². The number of hydrogen-bond donors (Lipinski definition) is 0. The van der Waals surface area contributed by atoms with E-state index in [9.17, 15) is 0 Å². The Balaban J connectivity index is 1.61. The molecule has 2 heteroatoms. The highest BCUT2D eigenvalue weighted by atomic mass is 16.5. The van der Waals surface area contributed by atoms with Gasteiger partial charge in [0.15, 0.2) is 5.60 Å². The summed E-state index contributed by atoms with van der Waals surface area (Å²) >= 11 is 0. The number of rotatable bonds is 5. The number of hydrogen-bond acceptors (Lipinski definition) is 2. The Morgan fingerprint density at radius 1 is 0.654 bits per heavy atom. The van der Waals surface area contributed by atoms with Crippen molar-refractivity contribution >= 4 is 0 Å². The molecule has 26 heavy (non-hydrogen) atoms. The molecule has 4 rings (SSSR count). The van der Waals surface area contributed by atoms with Crippen LogP contribution in [-0.2, 0) is 5.60 Å². The van der Waals surface area contributed by atoms with Gasteiger partial charge in [0.1, 0.15) is 17.3 Å². The van der Waals surface area contributed by atoms with Crippen LogP contribution in [0.25, 0.3) is 0 Å². The molecule has 3 aromatic rings. The van der Waals surface area contributed by atoms with E-state index in [0.717, 1.165) is 22.8 Å². The fourth-order valence-corrected chi connectivity index (χ4v) is 3.07. The van der Waals surface area contributed by atoms with Crippen LogP contribution in [0.15, 0.2) is 115 Å². The Hall–Kier alpha value is -3.26. The zero-order valence-corrected chi connectivity index (χ0v) is 14.4. The normalized spacial score (nSPS) is 18.8. The molecular formula is C24H20O2. The first-order valence-corrected chi connectivity index (χ1v) is 8.76. The summed E-state index contributed by atoms with van der Waals surface area (Å²) in [5, 5.41) is 0. The Labute approximate surface area is 154 Å². The molecule has 0 heterocycles. The highest BCUT2D eigenvalue weighted by Crippen LogP contribution is 2.37. The van der Waals surface area contributed by atoms with Crippen molar-refractivity contribution in [2.75, 3.05) is 0 Å². The fraction of sp³-hybridized carbons (Fsp3) is 0.0833. The van der Waals surface area contributed by atoms with Crippen LogP contribution in [0, 0.1) is 0 Å². The van der Waals surface area contributed by atoms with Crippen LogP contribution in [0.5, 0.6) is 11.5 Å². The predicted molar refractivity (Wildman–Crippen MR) is 104 cm³/mol. The summed E-state index contributed by atoms with van der Waals surface area (Å²) in [7, 11) is 0. The van der Waals surface area contributed by atoms with E-state index in [2.05, 4.69) is 24.3 Å². The summed E-state index contributed by atoms with van der Waals surface area (Å²) in [6.45, 7) is 0. The number of ether oxygens (including phenoxy) is 2. The maximum Gasteiger partial charge on any atom is 0.156 e. The Bertz CT molecular complexity index is 899. The molecule has 0 fully saturated rings. The first kappa shape index (κ1) is 16.2. The Kier molecular flexibility index (Phi) is 4.57. The molecule has 1 atom stereocenters. The van der Waals surface area contributed by atoms with Gasteiger partial charge in [-0.25, -0.2) is 0 Å². The molecule has 0 bridgehead atoms. The molecule has 0 amide bonds. The van der Waals surface area contributed by atoms with Crippen molar-refractivity contribution in [2.24, 2.45) is 0 Å². The quantitative estimate of drug-likeness (QED) is 0.577. The van der Waals surface area contributed by atoms with Crippen molar-refractivity contribution in [3.05, 3.63) is 121 Å². The smallest absolute Gasteiger partial charge is 0.156 e. The van der Waals surface area contributed by atoms with Gasteiger partial charge in [0.05, 0.1) is 0 Å². The van der Waals surface area contributed by atoms with Crippen molar-refractivity contribution < 1.29 is 9.47 Å². The topological polar surface area (TPSA) is 18.5 Å². The third-order valence-electron chi connectivity index (χ3n) is 4.41. The molecule has 0 spiro atoms. The minimum atomic E-state index is -0.536. The maximum atomic E-state index is 6.44. The average Bonchev–Trinajstić information content (AvgIpc) is 2.72. The molecular weight excluding hydrogens is 320 g/mol. The summed E-state index contributed by atoms with van der Waals surface area (Å²) < 4.78 is 12.4. The predicted octanol–water partition coefficient (Wildman–Crippen LogP) is 5.88. The van der Waals surface area contributed by atoms with Crippen molar-refractivity contribution in [3.8, 4) is 11.5 Å². The van der Waals surface area contributed by atoms with Gasteiger partial charge in [0, 0.05) is 6.42 Å². The minimum absolute atomic E-state index is 0.536. The largest absolute Gasteiger partial charge is 0.478 e. The summed E-state index contributed by atoms with van der Waals surface area (Å²) in [6.07, 6.45) is 6.87. The minimum Gasteiger partial charge on any atom is -0.478 e. The van der Waals surface area contributed by atoms with Crippen molar-refractivity contribution in [2.45, 2.75) is 12.0 Å². The standard InChI is InChI=1S/C24H20O2/c1-4-10-20(11-5-1)24(26-23-14-8-3-9-15-23)18-16-22(17-19-24)25-21-12-6-2-7-13-21/h1-18H,19H2. The molecule has 1 aliphatic rings. The zero-order valence-electron chi connectivity index (χ0n) is 14.4. The molecule has 1 aliphatic carbocycles. The molecule has 0 aromatic heterocycles. The summed E-state index contributed by atoms with van der Waals surface area (Å²) in [5.74, 6) is 2.51. The van der Waals surface area contributed by atoms with Crippen LogP contribution in [0.3, 0.4) is 0 Å². The average molecular weight is 340 g/mol. The number of allylic oxidation sites excluding steroid dienone is 1. The highest BCUT2D eigenvalue weighted by Gasteiger charge is 2.33. The second-order valence-corrected chi connectivity index (χ2v) is 6.23. The lowest BCUT2D eigenvalue weighted by Crippen LogP contribution is -2.32. The lowest BCUT2D eigenvalue weighted by atomic mass is 9.86. The van der Waals surface area contributed by atoms with Crippen molar-refractivity contribution in [1.82, 2.24) is 0 Å². The van der Waals surface area contributed by atoms with Crippen LogP contribution in [-0.4, -0.2) is 0 Å². The van der Waals surface area contributed by atoms with Gasteiger partial charge in [-0.2, -0.15) is 0 Å².